The SMILES string of the molecule is Cc1ncsc1-c1nnc([C@H]2CCCCN2C(=O)c2csc(C)c2C)o1. The molecule has 1 saturated heterocycles. The van der Waals surface area contributed by atoms with Gasteiger partial charge in [0, 0.05) is 16.8 Å². The third-order valence-corrected chi connectivity index (χ3v) is 6.88. The summed E-state index contributed by atoms with van der Waals surface area (Å²) in [6.07, 6.45) is 2.89. The Morgan fingerprint density at radius 3 is 2.77 bits per heavy atom. The summed E-state index contributed by atoms with van der Waals surface area (Å²) in [5, 5.41) is 10.4. The largest absolute Gasteiger partial charge is 0.418 e. The Hall–Kier alpha value is -2.06. The van der Waals surface area contributed by atoms with Crippen LogP contribution in [0.25, 0.3) is 10.8 Å². The molecule has 0 aromatic carbocycles. The van der Waals surface area contributed by atoms with Crippen LogP contribution in [-0.4, -0.2) is 32.5 Å². The number of carbonyl (C=O) groups is 1. The zero-order valence-corrected chi connectivity index (χ0v) is 16.6. The first-order chi connectivity index (χ1) is 12.6. The fraction of sp³-hybridized carbons (Fsp3) is 0.444. The monoisotopic (exact) mass is 388 g/mol. The maximum atomic E-state index is 13.1. The molecule has 1 amide bonds. The lowest BCUT2D eigenvalue weighted by atomic mass is 10.0. The summed E-state index contributed by atoms with van der Waals surface area (Å²) in [4.78, 5) is 21.4. The van der Waals surface area contributed by atoms with Gasteiger partial charge in [0.25, 0.3) is 11.8 Å². The number of rotatable bonds is 3. The third-order valence-electron chi connectivity index (χ3n) is 4.95. The van der Waals surface area contributed by atoms with Crippen LogP contribution in [0.15, 0.2) is 15.3 Å². The minimum atomic E-state index is -0.162. The molecule has 3 aromatic rings. The minimum Gasteiger partial charge on any atom is -0.418 e. The molecule has 3 aromatic heterocycles. The predicted molar refractivity (Wildman–Crippen MR) is 102 cm³/mol. The van der Waals surface area contributed by atoms with E-state index in [1.807, 2.05) is 31.1 Å². The number of thiophene rings is 1. The van der Waals surface area contributed by atoms with Crippen LogP contribution < -0.4 is 0 Å². The number of carbonyl (C=O) groups excluding carboxylic acids is 1. The van der Waals surface area contributed by atoms with E-state index in [0.29, 0.717) is 11.8 Å². The van der Waals surface area contributed by atoms with E-state index in [0.717, 1.165) is 47.5 Å². The van der Waals surface area contributed by atoms with E-state index in [1.54, 1.807) is 16.8 Å². The molecular formula is C18H20N4O2S2. The highest BCUT2D eigenvalue weighted by Gasteiger charge is 2.33. The lowest BCUT2D eigenvalue weighted by Crippen LogP contribution is -2.38. The first kappa shape index (κ1) is 17.4. The van der Waals surface area contributed by atoms with Gasteiger partial charge in [-0.25, -0.2) is 4.98 Å². The molecule has 1 atom stereocenters. The van der Waals surface area contributed by atoms with Crippen molar-refractivity contribution in [1.29, 1.82) is 0 Å². The van der Waals surface area contributed by atoms with Gasteiger partial charge in [-0.1, -0.05) is 0 Å². The van der Waals surface area contributed by atoms with E-state index in [9.17, 15) is 4.79 Å². The van der Waals surface area contributed by atoms with Gasteiger partial charge < -0.3 is 9.32 Å². The summed E-state index contributed by atoms with van der Waals surface area (Å²) < 4.78 is 5.96. The average Bonchev–Trinajstić information content (AvgIpc) is 3.36. The molecule has 1 aliphatic rings. The second kappa shape index (κ2) is 6.92. The Labute approximate surface area is 159 Å². The molecule has 6 nitrogen and oxygen atoms in total. The Kier molecular flexibility index (Phi) is 4.62. The van der Waals surface area contributed by atoms with Crippen molar-refractivity contribution in [3.63, 3.8) is 0 Å². The fourth-order valence-electron chi connectivity index (χ4n) is 3.28. The number of nitrogens with zero attached hydrogens (tertiary/aromatic N) is 4. The van der Waals surface area contributed by atoms with Crippen molar-refractivity contribution < 1.29 is 9.21 Å². The molecule has 1 aliphatic heterocycles. The number of likely N-dealkylation sites (tertiary alicyclic amines) is 1. The van der Waals surface area contributed by atoms with Crippen molar-refractivity contribution in [1.82, 2.24) is 20.1 Å². The van der Waals surface area contributed by atoms with Crippen LogP contribution in [0.3, 0.4) is 0 Å². The predicted octanol–water partition coefficient (Wildman–Crippen LogP) is 4.55. The summed E-state index contributed by atoms with van der Waals surface area (Å²) in [5.41, 5.74) is 4.51. The maximum Gasteiger partial charge on any atom is 0.259 e. The minimum absolute atomic E-state index is 0.0604. The van der Waals surface area contributed by atoms with Gasteiger partial charge in [0.2, 0.25) is 5.89 Å². The molecule has 0 N–H and O–H groups in total. The van der Waals surface area contributed by atoms with E-state index >= 15 is 0 Å². The Morgan fingerprint density at radius 1 is 1.23 bits per heavy atom. The smallest absolute Gasteiger partial charge is 0.259 e. The number of hydrogen-bond acceptors (Lipinski definition) is 7. The van der Waals surface area contributed by atoms with Crippen LogP contribution in [0.2, 0.25) is 0 Å². The normalized spacial score (nSPS) is 17.7. The molecule has 26 heavy (non-hydrogen) atoms. The molecule has 0 bridgehead atoms. The quantitative estimate of drug-likeness (QED) is 0.658. The topological polar surface area (TPSA) is 72.1 Å². The van der Waals surface area contributed by atoms with Crippen LogP contribution in [0, 0.1) is 20.8 Å². The van der Waals surface area contributed by atoms with E-state index in [2.05, 4.69) is 15.2 Å². The highest BCUT2D eigenvalue weighted by atomic mass is 32.1. The summed E-state index contributed by atoms with van der Waals surface area (Å²) in [7, 11) is 0. The highest BCUT2D eigenvalue weighted by molar-refractivity contribution is 7.13. The van der Waals surface area contributed by atoms with Crippen LogP contribution in [-0.2, 0) is 0 Å². The standard InChI is InChI=1S/C18H20N4O2S2/c1-10-12(3)25-8-13(10)18(23)22-7-5-4-6-14(22)16-20-21-17(24-16)15-11(2)19-9-26-15/h8-9,14H,4-7H2,1-3H3/t14-/m1/s1. The average molecular weight is 389 g/mol. The van der Waals surface area contributed by atoms with E-state index in [1.165, 1.54) is 16.2 Å². The zero-order chi connectivity index (χ0) is 18.3. The Morgan fingerprint density at radius 2 is 2.08 bits per heavy atom. The molecule has 4 heterocycles. The van der Waals surface area contributed by atoms with Crippen LogP contribution in [0.5, 0.6) is 0 Å². The summed E-state index contributed by atoms with van der Waals surface area (Å²) >= 11 is 3.10. The van der Waals surface area contributed by atoms with Gasteiger partial charge >= 0.3 is 0 Å². The lowest BCUT2D eigenvalue weighted by molar-refractivity contribution is 0.0572. The van der Waals surface area contributed by atoms with Crippen molar-refractivity contribution in [3.8, 4) is 10.8 Å². The molecule has 0 radical (unpaired) electrons. The second-order valence-corrected chi connectivity index (χ2v) is 8.49. The number of thiazole rings is 1. The van der Waals surface area contributed by atoms with E-state index in [4.69, 9.17) is 4.42 Å². The van der Waals surface area contributed by atoms with Crippen molar-refractivity contribution in [2.45, 2.75) is 46.1 Å². The van der Waals surface area contributed by atoms with Crippen LogP contribution in [0.1, 0.15) is 57.7 Å². The number of aryl methyl sites for hydroxylation is 2. The molecule has 0 spiro atoms. The summed E-state index contributed by atoms with van der Waals surface area (Å²) in [6.45, 7) is 6.70. The first-order valence-electron chi connectivity index (χ1n) is 8.65. The van der Waals surface area contributed by atoms with Crippen molar-refractivity contribution >= 4 is 28.6 Å². The molecular weight excluding hydrogens is 368 g/mol. The maximum absolute atomic E-state index is 13.1. The van der Waals surface area contributed by atoms with E-state index < -0.39 is 0 Å². The zero-order valence-electron chi connectivity index (χ0n) is 15.0. The molecule has 8 heteroatoms. The highest BCUT2D eigenvalue weighted by Crippen LogP contribution is 2.35. The lowest BCUT2D eigenvalue weighted by Gasteiger charge is -2.33. The van der Waals surface area contributed by atoms with Gasteiger partial charge in [0.1, 0.15) is 10.9 Å². The molecule has 0 saturated carbocycles. The molecule has 1 fully saturated rings. The van der Waals surface area contributed by atoms with Crippen LogP contribution >= 0.6 is 22.7 Å². The Bertz CT molecular complexity index is 943. The van der Waals surface area contributed by atoms with Gasteiger partial charge in [0.05, 0.1) is 16.8 Å². The van der Waals surface area contributed by atoms with Gasteiger partial charge in [-0.2, -0.15) is 0 Å². The van der Waals surface area contributed by atoms with Gasteiger partial charge in [-0.05, 0) is 45.6 Å². The number of amides is 1. The van der Waals surface area contributed by atoms with Crippen LogP contribution in [0.4, 0.5) is 0 Å². The molecule has 0 unspecified atom stereocenters. The van der Waals surface area contributed by atoms with E-state index in [-0.39, 0.29) is 11.9 Å². The van der Waals surface area contributed by atoms with Gasteiger partial charge in [-0.15, -0.1) is 32.9 Å². The van der Waals surface area contributed by atoms with Gasteiger partial charge in [0.15, 0.2) is 0 Å². The summed E-state index contributed by atoms with van der Waals surface area (Å²) in [6, 6.07) is -0.162. The number of hydrogen-bond donors (Lipinski definition) is 0. The number of aromatic nitrogens is 3. The van der Waals surface area contributed by atoms with Crippen molar-refractivity contribution in [3.05, 3.63) is 38.5 Å². The van der Waals surface area contributed by atoms with Crippen molar-refractivity contribution in [2.75, 3.05) is 6.54 Å². The van der Waals surface area contributed by atoms with Gasteiger partial charge in [-0.3, -0.25) is 4.79 Å². The second-order valence-electron chi connectivity index (χ2n) is 6.55. The molecule has 136 valence electrons. The molecule has 0 aliphatic carbocycles. The fourth-order valence-corrected chi connectivity index (χ4v) is 4.86. The number of piperidine rings is 1. The van der Waals surface area contributed by atoms with Crippen molar-refractivity contribution in [2.24, 2.45) is 0 Å². The third kappa shape index (κ3) is 2.97. The Balaban J connectivity index is 1.64. The first-order valence-corrected chi connectivity index (χ1v) is 10.4. The summed E-state index contributed by atoms with van der Waals surface area (Å²) in [5.74, 6) is 1.07. The molecule has 4 rings (SSSR count).